The van der Waals surface area contributed by atoms with Crippen molar-refractivity contribution in [3.05, 3.63) is 57.6 Å². The number of nitrogens with zero attached hydrogens (tertiary/aromatic N) is 1. The number of carbonyl (C=O) groups excluding carboxylic acids is 2. The van der Waals surface area contributed by atoms with Crippen LogP contribution in [0.5, 0.6) is 0 Å². The summed E-state index contributed by atoms with van der Waals surface area (Å²) in [6.45, 7) is 3.37. The van der Waals surface area contributed by atoms with E-state index in [9.17, 15) is 9.59 Å². The third kappa shape index (κ3) is 4.73. The predicted molar refractivity (Wildman–Crippen MR) is 110 cm³/mol. The van der Waals surface area contributed by atoms with Crippen LogP contribution in [0.1, 0.15) is 28.8 Å². The van der Waals surface area contributed by atoms with Gasteiger partial charge in [-0.15, -0.1) is 0 Å². The maximum atomic E-state index is 12.7. The lowest BCUT2D eigenvalue weighted by Crippen LogP contribution is -2.29. The highest BCUT2D eigenvalue weighted by atomic mass is 35.5. The molecule has 1 saturated heterocycles. The molecule has 2 aromatic carbocycles. The van der Waals surface area contributed by atoms with E-state index in [0.717, 1.165) is 31.5 Å². The average Bonchev–Trinajstić information content (AvgIpc) is 3.18. The fourth-order valence-corrected chi connectivity index (χ4v) is 3.40. The molecular weight excluding hydrogens is 385 g/mol. The highest BCUT2D eigenvalue weighted by Crippen LogP contribution is 2.25. The number of anilines is 2. The molecule has 142 valence electrons. The lowest BCUT2D eigenvalue weighted by molar-refractivity contribution is -0.114. The van der Waals surface area contributed by atoms with E-state index < -0.39 is 0 Å². The summed E-state index contributed by atoms with van der Waals surface area (Å²) >= 11 is 12.2. The highest BCUT2D eigenvalue weighted by Gasteiger charge is 2.22. The third-order valence-corrected chi connectivity index (χ3v) is 5.23. The number of rotatable bonds is 5. The molecule has 1 fully saturated rings. The first-order chi connectivity index (χ1) is 13.0. The number of nitrogens with one attached hydrogen (secondary N) is 2. The van der Waals surface area contributed by atoms with Gasteiger partial charge in [-0.3, -0.25) is 9.59 Å². The summed E-state index contributed by atoms with van der Waals surface area (Å²) < 4.78 is 0. The molecule has 0 aromatic heterocycles. The Morgan fingerprint density at radius 1 is 1.07 bits per heavy atom. The van der Waals surface area contributed by atoms with Gasteiger partial charge in [0.2, 0.25) is 5.91 Å². The first-order valence-electron chi connectivity index (χ1n) is 8.83. The van der Waals surface area contributed by atoms with Gasteiger partial charge in [-0.25, -0.2) is 0 Å². The molecule has 27 heavy (non-hydrogen) atoms. The van der Waals surface area contributed by atoms with Crippen molar-refractivity contribution in [2.75, 3.05) is 30.3 Å². The minimum Gasteiger partial charge on any atom is -0.375 e. The smallest absolute Gasteiger partial charge is 0.255 e. The summed E-state index contributed by atoms with van der Waals surface area (Å²) in [5.74, 6) is -0.280. The Labute approximate surface area is 168 Å². The Hall–Kier alpha value is -2.24. The monoisotopic (exact) mass is 405 g/mol. The topological polar surface area (TPSA) is 61.4 Å². The normalized spacial score (nSPS) is 13.5. The lowest BCUT2D eigenvalue weighted by Gasteiger charge is -2.18. The molecule has 1 heterocycles. The number of benzene rings is 2. The Morgan fingerprint density at radius 3 is 2.56 bits per heavy atom. The zero-order valence-electron chi connectivity index (χ0n) is 15.0. The molecule has 1 aliphatic rings. The number of likely N-dealkylation sites (tertiary alicyclic amines) is 1. The van der Waals surface area contributed by atoms with Gasteiger partial charge >= 0.3 is 0 Å². The lowest BCUT2D eigenvalue weighted by atomic mass is 10.1. The van der Waals surface area contributed by atoms with Gasteiger partial charge in [0, 0.05) is 34.5 Å². The molecule has 2 N–H and O–H groups in total. The molecule has 0 atom stereocenters. The summed E-state index contributed by atoms with van der Waals surface area (Å²) in [5, 5.41) is 6.95. The number of hydrogen-bond donors (Lipinski definition) is 2. The van der Waals surface area contributed by atoms with Crippen LogP contribution in [0.4, 0.5) is 11.4 Å². The van der Waals surface area contributed by atoms with Crippen LogP contribution in [0.2, 0.25) is 10.0 Å². The van der Waals surface area contributed by atoms with E-state index in [0.29, 0.717) is 27.0 Å². The first-order valence-corrected chi connectivity index (χ1v) is 9.59. The van der Waals surface area contributed by atoms with Gasteiger partial charge in [0.25, 0.3) is 5.91 Å². The van der Waals surface area contributed by atoms with Crippen LogP contribution in [-0.2, 0) is 4.79 Å². The molecular formula is C20H21Cl2N3O2. The van der Waals surface area contributed by atoms with Crippen LogP contribution >= 0.6 is 23.2 Å². The van der Waals surface area contributed by atoms with E-state index in [1.807, 2.05) is 11.8 Å². The zero-order chi connectivity index (χ0) is 19.4. The number of halogens is 2. The Balaban J connectivity index is 1.69. The van der Waals surface area contributed by atoms with Crippen LogP contribution in [0.15, 0.2) is 36.4 Å². The molecule has 3 rings (SSSR count). The molecule has 0 bridgehead atoms. The minimum absolute atomic E-state index is 0.00652. The summed E-state index contributed by atoms with van der Waals surface area (Å²) in [4.78, 5) is 26.9. The number of hydrogen-bond acceptors (Lipinski definition) is 3. The van der Waals surface area contributed by atoms with Crippen molar-refractivity contribution in [1.82, 2.24) is 4.90 Å². The highest BCUT2D eigenvalue weighted by molar-refractivity contribution is 6.32. The Kier molecular flexibility index (Phi) is 6.24. The fourth-order valence-electron chi connectivity index (χ4n) is 3.05. The van der Waals surface area contributed by atoms with Crippen LogP contribution in [0.3, 0.4) is 0 Å². The summed E-state index contributed by atoms with van der Waals surface area (Å²) in [7, 11) is 0. The molecule has 0 radical (unpaired) electrons. The van der Waals surface area contributed by atoms with Gasteiger partial charge in [0.15, 0.2) is 0 Å². The second-order valence-electron chi connectivity index (χ2n) is 6.50. The summed E-state index contributed by atoms with van der Waals surface area (Å²) in [5.41, 5.74) is 2.54. The Morgan fingerprint density at radius 2 is 1.81 bits per heavy atom. The second-order valence-corrected chi connectivity index (χ2v) is 7.35. The van der Waals surface area contributed by atoms with Gasteiger partial charge in [-0.05, 0) is 55.7 Å². The number of carbonyl (C=O) groups is 2. The van der Waals surface area contributed by atoms with Crippen LogP contribution in [0, 0.1) is 6.92 Å². The molecule has 0 spiro atoms. The van der Waals surface area contributed by atoms with Gasteiger partial charge in [0.1, 0.15) is 0 Å². The van der Waals surface area contributed by atoms with Crippen molar-refractivity contribution in [2.24, 2.45) is 0 Å². The van der Waals surface area contributed by atoms with Crippen molar-refractivity contribution < 1.29 is 9.59 Å². The largest absolute Gasteiger partial charge is 0.375 e. The maximum Gasteiger partial charge on any atom is 0.255 e. The van der Waals surface area contributed by atoms with Gasteiger partial charge in [-0.2, -0.15) is 0 Å². The molecule has 2 aromatic rings. The summed E-state index contributed by atoms with van der Waals surface area (Å²) in [6.07, 6.45) is 2.03. The van der Waals surface area contributed by atoms with E-state index in [-0.39, 0.29) is 18.4 Å². The van der Waals surface area contributed by atoms with Crippen LogP contribution in [-0.4, -0.2) is 36.3 Å². The average molecular weight is 406 g/mol. The van der Waals surface area contributed by atoms with E-state index in [2.05, 4.69) is 10.6 Å². The fraction of sp³-hybridized carbons (Fsp3) is 0.300. The molecule has 2 amide bonds. The third-order valence-electron chi connectivity index (χ3n) is 4.59. The van der Waals surface area contributed by atoms with Gasteiger partial charge in [0.05, 0.1) is 12.1 Å². The van der Waals surface area contributed by atoms with Crippen molar-refractivity contribution in [3.63, 3.8) is 0 Å². The molecule has 0 unspecified atom stereocenters. The SMILES string of the molecule is Cc1c(Cl)cccc1NC(=O)CNc1cc(Cl)ccc1C(=O)N1CCCC1. The Bertz CT molecular complexity index is 864. The molecule has 5 nitrogen and oxygen atoms in total. The molecule has 7 heteroatoms. The van der Waals surface area contributed by atoms with E-state index in [1.54, 1.807) is 36.4 Å². The van der Waals surface area contributed by atoms with Crippen molar-refractivity contribution in [2.45, 2.75) is 19.8 Å². The van der Waals surface area contributed by atoms with E-state index >= 15 is 0 Å². The molecule has 0 saturated carbocycles. The van der Waals surface area contributed by atoms with Gasteiger partial charge in [-0.1, -0.05) is 29.3 Å². The quantitative estimate of drug-likeness (QED) is 0.764. The minimum atomic E-state index is -0.236. The second kappa shape index (κ2) is 8.63. The van der Waals surface area contributed by atoms with Gasteiger partial charge < -0.3 is 15.5 Å². The van der Waals surface area contributed by atoms with Crippen molar-refractivity contribution in [3.8, 4) is 0 Å². The molecule has 1 aliphatic heterocycles. The van der Waals surface area contributed by atoms with E-state index in [4.69, 9.17) is 23.2 Å². The van der Waals surface area contributed by atoms with Crippen LogP contribution < -0.4 is 10.6 Å². The maximum absolute atomic E-state index is 12.7. The zero-order valence-corrected chi connectivity index (χ0v) is 16.5. The predicted octanol–water partition coefficient (Wildman–Crippen LogP) is 4.59. The first kappa shape index (κ1) is 19.5. The standard InChI is InChI=1S/C20H21Cl2N3O2/c1-13-16(22)5-4-6-17(13)24-19(26)12-23-18-11-14(21)7-8-15(18)20(27)25-9-2-3-10-25/h4-8,11,23H,2-3,9-10,12H2,1H3,(H,24,26). The van der Waals surface area contributed by atoms with Crippen molar-refractivity contribution in [1.29, 1.82) is 0 Å². The van der Waals surface area contributed by atoms with Crippen molar-refractivity contribution >= 4 is 46.4 Å². The molecule has 0 aliphatic carbocycles. The van der Waals surface area contributed by atoms with E-state index in [1.165, 1.54) is 0 Å². The summed E-state index contributed by atoms with van der Waals surface area (Å²) in [6, 6.07) is 10.4. The number of amides is 2. The van der Waals surface area contributed by atoms with Crippen LogP contribution in [0.25, 0.3) is 0 Å².